The second-order valence-electron chi connectivity index (χ2n) is 5.89. The molecule has 0 radical (unpaired) electrons. The summed E-state index contributed by atoms with van der Waals surface area (Å²) in [4.78, 5) is 26.3. The lowest BCUT2D eigenvalue weighted by Crippen LogP contribution is -2.32. The van der Waals surface area contributed by atoms with Crippen molar-refractivity contribution in [1.82, 2.24) is 4.90 Å². The number of halogens is 1. The fraction of sp³-hybridized carbons (Fsp3) is 0.375. The summed E-state index contributed by atoms with van der Waals surface area (Å²) in [6.45, 7) is 0.254. The molecule has 3 aliphatic rings. The van der Waals surface area contributed by atoms with E-state index < -0.39 is 0 Å². The minimum Gasteiger partial charge on any atom is -0.278 e. The largest absolute Gasteiger partial charge is 0.278 e. The topological polar surface area (TPSA) is 37.4 Å². The number of amides is 2. The molecule has 2 bridgehead atoms. The van der Waals surface area contributed by atoms with Gasteiger partial charge in [-0.3, -0.25) is 14.5 Å². The summed E-state index contributed by atoms with van der Waals surface area (Å²) < 4.78 is 12.9. The Kier molecular flexibility index (Phi) is 2.37. The smallest absolute Gasteiger partial charge is 0.234 e. The Morgan fingerprint density at radius 3 is 2.10 bits per heavy atom. The summed E-state index contributed by atoms with van der Waals surface area (Å²) >= 11 is 0. The van der Waals surface area contributed by atoms with Crippen molar-refractivity contribution in [3.8, 4) is 0 Å². The van der Waals surface area contributed by atoms with Gasteiger partial charge < -0.3 is 0 Å². The Bertz CT molecular complexity index is 592. The van der Waals surface area contributed by atoms with E-state index in [1.807, 2.05) is 0 Å². The summed E-state index contributed by atoms with van der Waals surface area (Å²) in [5.74, 6) is -0.260. The first-order valence-electron chi connectivity index (χ1n) is 6.93. The number of imide groups is 1. The molecule has 2 amide bonds. The van der Waals surface area contributed by atoms with Gasteiger partial charge in [0.25, 0.3) is 0 Å². The van der Waals surface area contributed by atoms with Crippen LogP contribution in [0.1, 0.15) is 12.0 Å². The predicted octanol–water partition coefficient (Wildman–Crippen LogP) is 2.13. The number of nitrogens with zero attached hydrogens (tertiary/aromatic N) is 1. The number of carbonyl (C=O) groups excluding carboxylic acids is 2. The molecule has 2 fully saturated rings. The molecule has 2 aliphatic carbocycles. The average Bonchev–Trinajstić information content (AvgIpc) is 3.11. The van der Waals surface area contributed by atoms with Crippen molar-refractivity contribution < 1.29 is 14.0 Å². The highest BCUT2D eigenvalue weighted by atomic mass is 19.1. The first-order chi connectivity index (χ1) is 9.65. The van der Waals surface area contributed by atoms with E-state index in [0.717, 1.165) is 12.0 Å². The van der Waals surface area contributed by atoms with E-state index in [9.17, 15) is 14.0 Å². The second-order valence-corrected chi connectivity index (χ2v) is 5.89. The lowest BCUT2D eigenvalue weighted by Gasteiger charge is -2.17. The van der Waals surface area contributed by atoms with Crippen molar-refractivity contribution in [2.24, 2.45) is 23.7 Å². The Morgan fingerprint density at radius 2 is 1.55 bits per heavy atom. The standard InChI is InChI=1S/C16H14FNO2/c17-12-5-1-9(2-6-12)8-18-15(19)13-10-3-4-11(7-10)14(13)16(18)20/h1-6,10-11,13-14H,7-8H2/t10-,11-,13-,14+/m0/s1. The Balaban J connectivity index is 1.60. The van der Waals surface area contributed by atoms with E-state index in [2.05, 4.69) is 12.2 Å². The molecule has 0 N–H and O–H groups in total. The zero-order valence-electron chi connectivity index (χ0n) is 10.8. The highest BCUT2D eigenvalue weighted by molar-refractivity contribution is 6.06. The molecule has 0 spiro atoms. The number of rotatable bonds is 2. The minimum absolute atomic E-state index is 0.0545. The highest BCUT2D eigenvalue weighted by Gasteiger charge is 2.59. The molecule has 102 valence electrons. The molecule has 0 unspecified atom stereocenters. The molecule has 20 heavy (non-hydrogen) atoms. The molecule has 3 nitrogen and oxygen atoms in total. The van der Waals surface area contributed by atoms with E-state index in [-0.39, 0.29) is 47.8 Å². The summed E-state index contributed by atoms with van der Waals surface area (Å²) in [7, 11) is 0. The van der Waals surface area contributed by atoms with Crippen molar-refractivity contribution in [2.75, 3.05) is 0 Å². The van der Waals surface area contributed by atoms with Gasteiger partial charge in [-0.05, 0) is 36.0 Å². The van der Waals surface area contributed by atoms with Crippen LogP contribution in [0.15, 0.2) is 36.4 Å². The van der Waals surface area contributed by atoms with Crippen LogP contribution in [0, 0.1) is 29.5 Å². The first kappa shape index (κ1) is 11.8. The summed E-state index contributed by atoms with van der Waals surface area (Å²) in [6.07, 6.45) is 5.11. The van der Waals surface area contributed by atoms with Crippen molar-refractivity contribution in [1.29, 1.82) is 0 Å². The van der Waals surface area contributed by atoms with Gasteiger partial charge >= 0.3 is 0 Å². The third-order valence-corrected chi connectivity index (χ3v) is 4.82. The van der Waals surface area contributed by atoms with Gasteiger partial charge in [-0.2, -0.15) is 0 Å². The van der Waals surface area contributed by atoms with E-state index in [1.165, 1.54) is 17.0 Å². The summed E-state index contributed by atoms with van der Waals surface area (Å²) in [5, 5.41) is 0. The van der Waals surface area contributed by atoms with Crippen LogP contribution in [0.4, 0.5) is 4.39 Å². The fourth-order valence-corrected chi connectivity index (χ4v) is 3.89. The van der Waals surface area contributed by atoms with Gasteiger partial charge in [0.05, 0.1) is 18.4 Å². The third-order valence-electron chi connectivity index (χ3n) is 4.82. The number of fused-ring (bicyclic) bond motifs is 5. The summed E-state index contributed by atoms with van der Waals surface area (Å²) in [5.41, 5.74) is 0.786. The van der Waals surface area contributed by atoms with Gasteiger partial charge in [-0.1, -0.05) is 24.3 Å². The molecule has 1 saturated carbocycles. The number of hydrogen-bond acceptors (Lipinski definition) is 2. The lowest BCUT2D eigenvalue weighted by atomic mass is 9.85. The predicted molar refractivity (Wildman–Crippen MR) is 69.7 cm³/mol. The van der Waals surface area contributed by atoms with Gasteiger partial charge in [0.15, 0.2) is 0 Å². The zero-order chi connectivity index (χ0) is 13.9. The van der Waals surface area contributed by atoms with Crippen LogP contribution < -0.4 is 0 Å². The van der Waals surface area contributed by atoms with E-state index in [1.54, 1.807) is 12.1 Å². The number of hydrogen-bond donors (Lipinski definition) is 0. The second kappa shape index (κ2) is 4.01. The maximum absolute atomic E-state index is 12.9. The van der Waals surface area contributed by atoms with Gasteiger partial charge in [-0.15, -0.1) is 0 Å². The Hall–Kier alpha value is -1.97. The quantitative estimate of drug-likeness (QED) is 0.610. The first-order valence-corrected chi connectivity index (χ1v) is 6.93. The number of carbonyl (C=O) groups is 2. The fourth-order valence-electron chi connectivity index (χ4n) is 3.89. The van der Waals surface area contributed by atoms with Gasteiger partial charge in [0.1, 0.15) is 5.82 Å². The van der Waals surface area contributed by atoms with Crippen LogP contribution in [0.2, 0.25) is 0 Å². The maximum Gasteiger partial charge on any atom is 0.234 e. The van der Waals surface area contributed by atoms with Crippen LogP contribution in [0.5, 0.6) is 0 Å². The number of likely N-dealkylation sites (tertiary alicyclic amines) is 1. The minimum atomic E-state index is -0.313. The maximum atomic E-state index is 12.9. The zero-order valence-corrected chi connectivity index (χ0v) is 10.8. The van der Waals surface area contributed by atoms with Crippen molar-refractivity contribution >= 4 is 11.8 Å². The number of allylic oxidation sites excluding steroid dienone is 2. The van der Waals surface area contributed by atoms with Gasteiger partial charge in [-0.25, -0.2) is 4.39 Å². The van der Waals surface area contributed by atoms with Crippen LogP contribution in [0.25, 0.3) is 0 Å². The average molecular weight is 271 g/mol. The molecule has 0 aromatic heterocycles. The molecule has 1 saturated heterocycles. The van der Waals surface area contributed by atoms with Crippen molar-refractivity contribution in [3.05, 3.63) is 47.8 Å². The van der Waals surface area contributed by atoms with Crippen LogP contribution in [0.3, 0.4) is 0 Å². The van der Waals surface area contributed by atoms with Crippen LogP contribution in [-0.2, 0) is 16.1 Å². The van der Waals surface area contributed by atoms with E-state index in [4.69, 9.17) is 0 Å². The molecule has 4 rings (SSSR count). The van der Waals surface area contributed by atoms with Gasteiger partial charge in [0, 0.05) is 0 Å². The van der Waals surface area contributed by atoms with E-state index >= 15 is 0 Å². The SMILES string of the molecule is O=C1[C@@H]2[C@H](C(=O)N1Cc1ccc(F)cc1)[C@H]1C=C[C@H]2C1. The molecule has 1 aliphatic heterocycles. The molecule has 4 atom stereocenters. The molecular weight excluding hydrogens is 257 g/mol. The Labute approximate surface area is 116 Å². The molecule has 1 heterocycles. The van der Waals surface area contributed by atoms with Gasteiger partial charge in [0.2, 0.25) is 11.8 Å². The van der Waals surface area contributed by atoms with Crippen molar-refractivity contribution in [2.45, 2.75) is 13.0 Å². The normalized spacial score (nSPS) is 34.1. The highest BCUT2D eigenvalue weighted by Crippen LogP contribution is 2.52. The molecule has 1 aromatic carbocycles. The molecular formula is C16H14FNO2. The Morgan fingerprint density at radius 1 is 1.00 bits per heavy atom. The molecule has 4 heteroatoms. The summed E-state index contributed by atoms with van der Waals surface area (Å²) in [6, 6.07) is 5.95. The lowest BCUT2D eigenvalue weighted by molar-refractivity contribution is -0.141. The van der Waals surface area contributed by atoms with Crippen LogP contribution in [-0.4, -0.2) is 16.7 Å². The molecule has 1 aromatic rings. The van der Waals surface area contributed by atoms with E-state index in [0.29, 0.717) is 0 Å². The van der Waals surface area contributed by atoms with Crippen LogP contribution >= 0.6 is 0 Å². The van der Waals surface area contributed by atoms with Crippen molar-refractivity contribution in [3.63, 3.8) is 0 Å². The monoisotopic (exact) mass is 271 g/mol. The number of benzene rings is 1. The third kappa shape index (κ3) is 1.51.